The minimum atomic E-state index is -0.125. The molecule has 5 N–H and O–H groups in total. The number of hydrogen-bond acceptors (Lipinski definition) is 4. The van der Waals surface area contributed by atoms with Crippen LogP contribution >= 0.6 is 11.8 Å². The summed E-state index contributed by atoms with van der Waals surface area (Å²) in [6.45, 7) is 0. The van der Waals surface area contributed by atoms with Crippen LogP contribution in [0.2, 0.25) is 0 Å². The fraction of sp³-hybridized carbons (Fsp3) is 0.0833. The van der Waals surface area contributed by atoms with Gasteiger partial charge in [0.15, 0.2) is 11.1 Å². The van der Waals surface area contributed by atoms with Crippen molar-refractivity contribution in [2.24, 2.45) is 16.5 Å². The van der Waals surface area contributed by atoms with Crippen LogP contribution in [0, 0.1) is 5.41 Å². The molecular weight excluding hydrogens is 262 g/mol. The quantitative estimate of drug-likeness (QED) is 0.583. The molecule has 0 amide bonds. The van der Waals surface area contributed by atoms with Crippen LogP contribution in [0.15, 0.2) is 45.9 Å². The number of guanidine groups is 1. The molecule has 0 fully saturated rings. The van der Waals surface area contributed by atoms with Crippen molar-refractivity contribution in [2.75, 3.05) is 0 Å². The van der Waals surface area contributed by atoms with Gasteiger partial charge in [-0.3, -0.25) is 5.41 Å². The van der Waals surface area contributed by atoms with E-state index in [1.54, 1.807) is 0 Å². The number of nitrogens with one attached hydrogen (secondary N) is 1. The number of hydrogen-bond donors (Lipinski definition) is 3. The number of nitrogens with two attached hydrogens (primary N) is 2. The largest absolute Gasteiger partial charge is 0.370 e. The van der Waals surface area contributed by atoms with Gasteiger partial charge in [0.1, 0.15) is 11.5 Å². The first kappa shape index (κ1) is 13.2. The molecule has 0 aliphatic heterocycles. The van der Waals surface area contributed by atoms with Gasteiger partial charge >= 0.3 is 0 Å². The lowest BCUT2D eigenvalue weighted by Gasteiger charge is -1.95. The van der Waals surface area contributed by atoms with Crippen molar-refractivity contribution in [1.82, 2.24) is 5.16 Å². The predicted octanol–water partition coefficient (Wildman–Crippen LogP) is 1.78. The number of nitrogens with zero attached hydrogens (tertiary/aromatic N) is 2. The van der Waals surface area contributed by atoms with Gasteiger partial charge in [0.2, 0.25) is 0 Å². The summed E-state index contributed by atoms with van der Waals surface area (Å²) in [7, 11) is 0. The molecule has 0 spiro atoms. The van der Waals surface area contributed by atoms with Crippen LogP contribution in [0.1, 0.15) is 5.76 Å². The maximum atomic E-state index is 7.49. The second-order valence-electron chi connectivity index (χ2n) is 3.67. The summed E-state index contributed by atoms with van der Waals surface area (Å²) in [6.07, 6.45) is 0. The highest BCUT2D eigenvalue weighted by Crippen LogP contribution is 2.21. The van der Waals surface area contributed by atoms with E-state index in [1.807, 2.05) is 36.4 Å². The highest BCUT2D eigenvalue weighted by Gasteiger charge is 2.07. The molecule has 0 saturated carbocycles. The molecule has 7 heteroatoms. The number of aromatic nitrogens is 1. The van der Waals surface area contributed by atoms with Gasteiger partial charge in [0.25, 0.3) is 0 Å². The average molecular weight is 275 g/mol. The Morgan fingerprint density at radius 2 is 2.05 bits per heavy atom. The van der Waals surface area contributed by atoms with Crippen LogP contribution in [0.5, 0.6) is 0 Å². The molecule has 98 valence electrons. The lowest BCUT2D eigenvalue weighted by molar-refractivity contribution is 0.397. The third kappa shape index (κ3) is 3.85. The second kappa shape index (κ2) is 6.05. The lowest BCUT2D eigenvalue weighted by Crippen LogP contribution is -2.23. The molecule has 1 heterocycles. The minimum Gasteiger partial charge on any atom is -0.370 e. The molecule has 0 aliphatic rings. The molecule has 6 nitrogen and oxygen atoms in total. The normalized spacial score (nSPS) is 10.1. The molecule has 19 heavy (non-hydrogen) atoms. The predicted molar refractivity (Wildman–Crippen MR) is 76.8 cm³/mol. The fourth-order valence-electron chi connectivity index (χ4n) is 1.41. The van der Waals surface area contributed by atoms with E-state index in [4.69, 9.17) is 21.4 Å². The molecule has 0 aliphatic carbocycles. The standard InChI is InChI=1S/C12H13N5OS/c13-11(14)16-12(15)19-7-9-6-10(17-18-9)8-4-2-1-3-5-8/h1-6H,7H2,(H5,13,14,15,16). The molecule has 0 unspecified atom stereocenters. The lowest BCUT2D eigenvalue weighted by atomic mass is 10.1. The average Bonchev–Trinajstić information content (AvgIpc) is 2.85. The van der Waals surface area contributed by atoms with Crippen molar-refractivity contribution in [2.45, 2.75) is 5.75 Å². The van der Waals surface area contributed by atoms with E-state index in [9.17, 15) is 0 Å². The van der Waals surface area contributed by atoms with Gasteiger partial charge in [0.05, 0.1) is 5.75 Å². The smallest absolute Gasteiger partial charge is 0.193 e. The number of rotatable bonds is 3. The first-order chi connectivity index (χ1) is 9.15. The van der Waals surface area contributed by atoms with Gasteiger partial charge in [-0.15, -0.1) is 0 Å². The Labute approximate surface area is 114 Å². The van der Waals surface area contributed by atoms with Gasteiger partial charge in [-0.1, -0.05) is 47.3 Å². The van der Waals surface area contributed by atoms with Crippen LogP contribution in [-0.2, 0) is 5.75 Å². The fourth-order valence-corrected chi connectivity index (χ4v) is 2.00. The molecule has 2 aromatic rings. The third-order valence-electron chi connectivity index (χ3n) is 2.21. The molecular formula is C12H13N5OS. The third-order valence-corrected chi connectivity index (χ3v) is 3.00. The van der Waals surface area contributed by atoms with Gasteiger partial charge in [-0.05, 0) is 0 Å². The van der Waals surface area contributed by atoms with E-state index in [0.717, 1.165) is 11.3 Å². The minimum absolute atomic E-state index is 0.0395. The van der Waals surface area contributed by atoms with E-state index >= 15 is 0 Å². The first-order valence-electron chi connectivity index (χ1n) is 5.47. The van der Waals surface area contributed by atoms with Crippen LogP contribution < -0.4 is 11.5 Å². The highest BCUT2D eigenvalue weighted by molar-refractivity contribution is 8.13. The number of aliphatic imine (C=N–C) groups is 1. The Kier molecular flexibility index (Phi) is 4.19. The van der Waals surface area contributed by atoms with Gasteiger partial charge in [-0.25, -0.2) is 0 Å². The summed E-state index contributed by atoms with van der Waals surface area (Å²) < 4.78 is 5.20. The van der Waals surface area contributed by atoms with Gasteiger partial charge in [-0.2, -0.15) is 4.99 Å². The second-order valence-corrected chi connectivity index (χ2v) is 4.64. The van der Waals surface area contributed by atoms with Crippen molar-refractivity contribution >= 4 is 22.9 Å². The Morgan fingerprint density at radius 1 is 1.32 bits per heavy atom. The zero-order valence-corrected chi connectivity index (χ0v) is 10.9. The number of amidine groups is 1. The van der Waals surface area contributed by atoms with E-state index in [-0.39, 0.29) is 11.1 Å². The van der Waals surface area contributed by atoms with E-state index in [1.165, 1.54) is 11.8 Å². The van der Waals surface area contributed by atoms with Gasteiger partial charge < -0.3 is 16.0 Å². The molecule has 1 aromatic heterocycles. The molecule has 0 bridgehead atoms. The summed E-state index contributed by atoms with van der Waals surface area (Å²) in [6, 6.07) is 11.6. The summed E-state index contributed by atoms with van der Waals surface area (Å²) >= 11 is 1.17. The van der Waals surface area contributed by atoms with Crippen LogP contribution in [0.25, 0.3) is 11.3 Å². The SMILES string of the molecule is N=C(N=C(N)N)SCc1cc(-c2ccccc2)no1. The molecule has 0 radical (unpaired) electrons. The first-order valence-corrected chi connectivity index (χ1v) is 6.45. The van der Waals surface area contributed by atoms with Crippen molar-refractivity contribution in [3.63, 3.8) is 0 Å². The Hall–Kier alpha value is -2.28. The zero-order chi connectivity index (χ0) is 13.7. The Morgan fingerprint density at radius 3 is 2.74 bits per heavy atom. The maximum absolute atomic E-state index is 7.49. The Bertz CT molecular complexity index is 589. The maximum Gasteiger partial charge on any atom is 0.193 e. The summed E-state index contributed by atoms with van der Waals surface area (Å²) in [5, 5.41) is 11.5. The monoisotopic (exact) mass is 275 g/mol. The van der Waals surface area contributed by atoms with E-state index in [0.29, 0.717) is 11.5 Å². The molecule has 0 atom stereocenters. The van der Waals surface area contributed by atoms with Crippen molar-refractivity contribution < 1.29 is 4.52 Å². The topological polar surface area (TPSA) is 114 Å². The van der Waals surface area contributed by atoms with Crippen LogP contribution in [0.4, 0.5) is 0 Å². The summed E-state index contributed by atoms with van der Waals surface area (Å²) in [4.78, 5) is 3.61. The highest BCUT2D eigenvalue weighted by atomic mass is 32.2. The van der Waals surface area contributed by atoms with Crippen LogP contribution in [0.3, 0.4) is 0 Å². The van der Waals surface area contributed by atoms with Crippen LogP contribution in [-0.4, -0.2) is 16.3 Å². The van der Waals surface area contributed by atoms with Crippen molar-refractivity contribution in [3.05, 3.63) is 42.2 Å². The zero-order valence-electron chi connectivity index (χ0n) is 10.0. The number of benzene rings is 1. The summed E-state index contributed by atoms with van der Waals surface area (Å²) in [5.74, 6) is 0.995. The molecule has 2 rings (SSSR count). The summed E-state index contributed by atoms with van der Waals surface area (Å²) in [5.41, 5.74) is 12.1. The van der Waals surface area contributed by atoms with E-state index in [2.05, 4.69) is 10.1 Å². The Balaban J connectivity index is 1.99. The van der Waals surface area contributed by atoms with Gasteiger partial charge in [0, 0.05) is 11.6 Å². The molecule has 1 aromatic carbocycles. The molecule has 0 saturated heterocycles. The van der Waals surface area contributed by atoms with Crippen molar-refractivity contribution in [1.29, 1.82) is 5.41 Å². The van der Waals surface area contributed by atoms with Crippen molar-refractivity contribution in [3.8, 4) is 11.3 Å². The number of thioether (sulfide) groups is 1. The van der Waals surface area contributed by atoms with E-state index < -0.39 is 0 Å².